The highest BCUT2D eigenvalue weighted by atomic mass is 79.9. The molecule has 0 aliphatic carbocycles. The largest absolute Gasteiger partial charge is 1.00 e. The van der Waals surface area contributed by atoms with Crippen LogP contribution in [0.1, 0.15) is 0 Å². The van der Waals surface area contributed by atoms with Crippen molar-refractivity contribution >= 4 is 0 Å². The second-order valence-corrected chi connectivity index (χ2v) is 1.40. The molecule has 2 heterocycles. The molecule has 12 heavy (non-hydrogen) atoms. The van der Waals surface area contributed by atoms with Gasteiger partial charge in [0.1, 0.15) is 0 Å². The highest BCUT2D eigenvalue weighted by molar-refractivity contribution is 4.45. The van der Waals surface area contributed by atoms with Gasteiger partial charge in [0, 0.05) is 10.2 Å². The molecule has 4 N–H and O–H groups in total. The second-order valence-electron chi connectivity index (χ2n) is 1.40. The molecule has 0 amide bonds. The molecular weight excluding hydrogens is 292 g/mol. The van der Waals surface area contributed by atoms with Crippen molar-refractivity contribution in [2.75, 3.05) is 0 Å². The van der Waals surface area contributed by atoms with Crippen LogP contribution in [-0.2, 0) is 0 Å². The van der Waals surface area contributed by atoms with Crippen LogP contribution < -0.4 is 44.2 Å². The monoisotopic (exact) mass is 298 g/mol. The summed E-state index contributed by atoms with van der Waals surface area (Å²) in [5, 5.41) is 17.3. The van der Waals surface area contributed by atoms with Gasteiger partial charge in [0.05, 0.1) is 0 Å². The van der Waals surface area contributed by atoms with Crippen LogP contribution in [0.4, 0.5) is 0 Å². The number of nitrogens with zero attached hydrogens (tertiary/aromatic N) is 2. The molecule has 0 atom stereocenters. The number of hydrogen-bond acceptors (Lipinski definition) is 2. The average Bonchev–Trinajstić information content (AvgIpc) is 2.67. The number of halogens is 2. The Morgan fingerprint density at radius 3 is 1.33 bits per heavy atom. The molecular formula is C4H8Br2N6. The van der Waals surface area contributed by atoms with Crippen LogP contribution in [0.3, 0.4) is 0 Å². The van der Waals surface area contributed by atoms with Gasteiger partial charge < -0.3 is 34.0 Å². The fourth-order valence-corrected chi connectivity index (χ4v) is 0.373. The molecule has 2 rings (SSSR count). The number of aromatic nitrogens is 6. The Labute approximate surface area is 89.7 Å². The first-order chi connectivity index (χ1) is 5.00. The van der Waals surface area contributed by atoms with E-state index < -0.39 is 0 Å². The molecule has 2 aromatic rings. The molecule has 0 spiro atoms. The SMILES string of the molecule is [Br-].[Br-].c1c[nH+][nH]n1.c1c[nH+][nH]n1. The van der Waals surface area contributed by atoms with Crippen LogP contribution in [0.2, 0.25) is 0 Å². The molecule has 0 radical (unpaired) electrons. The van der Waals surface area contributed by atoms with Crippen LogP contribution in [0.5, 0.6) is 0 Å². The topological polar surface area (TPSA) is 85.6 Å². The van der Waals surface area contributed by atoms with Gasteiger partial charge in [-0.3, -0.25) is 0 Å². The minimum absolute atomic E-state index is 0. The molecule has 0 aromatic carbocycles. The van der Waals surface area contributed by atoms with Crippen molar-refractivity contribution in [1.82, 2.24) is 20.6 Å². The maximum Gasteiger partial charge on any atom is 0.205 e. The van der Waals surface area contributed by atoms with Crippen LogP contribution >= 0.6 is 0 Å². The molecule has 8 heteroatoms. The van der Waals surface area contributed by atoms with Crippen LogP contribution in [-0.4, -0.2) is 20.6 Å². The third-order valence-corrected chi connectivity index (χ3v) is 0.723. The zero-order valence-corrected chi connectivity index (χ0v) is 9.13. The summed E-state index contributed by atoms with van der Waals surface area (Å²) in [4.78, 5) is 0. The van der Waals surface area contributed by atoms with Gasteiger partial charge in [-0.15, -0.1) is 0 Å². The molecule has 0 unspecified atom stereocenters. The molecule has 0 fully saturated rings. The lowest BCUT2D eigenvalue weighted by atomic mass is 11.0. The Bertz CT molecular complexity index is 157. The van der Waals surface area contributed by atoms with E-state index in [0.29, 0.717) is 0 Å². The van der Waals surface area contributed by atoms with Gasteiger partial charge in [0.2, 0.25) is 12.4 Å². The number of rotatable bonds is 0. The van der Waals surface area contributed by atoms with E-state index in [2.05, 4.69) is 30.8 Å². The lowest BCUT2D eigenvalue weighted by Crippen LogP contribution is -3.00. The molecule has 0 aliphatic heterocycles. The van der Waals surface area contributed by atoms with Crippen molar-refractivity contribution < 1.29 is 44.2 Å². The Kier molecular flexibility index (Phi) is 11.8. The van der Waals surface area contributed by atoms with Gasteiger partial charge in [-0.05, 0) is 0 Å². The zero-order chi connectivity index (χ0) is 7.07. The zero-order valence-electron chi connectivity index (χ0n) is 5.96. The maximum atomic E-state index is 3.54. The normalized spacial score (nSPS) is 6.67. The van der Waals surface area contributed by atoms with Gasteiger partial charge in [0.15, 0.2) is 12.4 Å². The summed E-state index contributed by atoms with van der Waals surface area (Å²) in [7, 11) is 0. The van der Waals surface area contributed by atoms with E-state index in [1.165, 1.54) is 0 Å². The van der Waals surface area contributed by atoms with E-state index >= 15 is 0 Å². The Morgan fingerprint density at radius 2 is 1.25 bits per heavy atom. The number of aromatic amines is 4. The third-order valence-electron chi connectivity index (χ3n) is 0.723. The fraction of sp³-hybridized carbons (Fsp3) is 0. The Balaban J connectivity index is 0. The smallest absolute Gasteiger partial charge is 0.205 e. The van der Waals surface area contributed by atoms with Crippen LogP contribution in [0.25, 0.3) is 0 Å². The highest BCUT2D eigenvalue weighted by Gasteiger charge is 1.69. The average molecular weight is 300 g/mol. The van der Waals surface area contributed by atoms with Crippen molar-refractivity contribution in [3.8, 4) is 0 Å². The minimum Gasteiger partial charge on any atom is -1.00 e. The summed E-state index contributed by atoms with van der Waals surface area (Å²) in [6, 6.07) is 0. The van der Waals surface area contributed by atoms with Crippen molar-refractivity contribution in [1.29, 1.82) is 0 Å². The summed E-state index contributed by atoms with van der Waals surface area (Å²) in [6.45, 7) is 0. The minimum atomic E-state index is 0. The predicted molar refractivity (Wildman–Crippen MR) is 30.3 cm³/mol. The van der Waals surface area contributed by atoms with Crippen molar-refractivity contribution in [2.45, 2.75) is 0 Å². The first-order valence-corrected chi connectivity index (χ1v) is 2.71. The Morgan fingerprint density at radius 1 is 0.833 bits per heavy atom. The summed E-state index contributed by atoms with van der Waals surface area (Å²) in [5.41, 5.74) is 0. The van der Waals surface area contributed by atoms with E-state index in [4.69, 9.17) is 0 Å². The standard InChI is InChI=1S/2C2H3N3.2BrH/c2*1-2-4-5-3-1;;/h2*1-2H,(H,3,4,5);2*1H. The van der Waals surface area contributed by atoms with Gasteiger partial charge in [-0.2, -0.15) is 10.2 Å². The second kappa shape index (κ2) is 10.2. The fourth-order valence-electron chi connectivity index (χ4n) is 0.373. The quantitative estimate of drug-likeness (QED) is 0.506. The van der Waals surface area contributed by atoms with Gasteiger partial charge >= 0.3 is 0 Å². The maximum absolute atomic E-state index is 3.54. The predicted octanol–water partition coefficient (Wildman–Crippen LogP) is -7.54. The van der Waals surface area contributed by atoms with Crippen LogP contribution in [0.15, 0.2) is 24.8 Å². The van der Waals surface area contributed by atoms with Crippen molar-refractivity contribution in [3.05, 3.63) is 24.8 Å². The van der Waals surface area contributed by atoms with E-state index in [0.717, 1.165) is 0 Å². The van der Waals surface area contributed by atoms with E-state index in [-0.39, 0.29) is 34.0 Å². The summed E-state index contributed by atoms with van der Waals surface area (Å²) in [5.74, 6) is 0. The number of hydrogen-bond donors (Lipinski definition) is 2. The van der Waals surface area contributed by atoms with Gasteiger partial charge in [-0.1, -0.05) is 10.4 Å². The van der Waals surface area contributed by atoms with Crippen molar-refractivity contribution in [3.63, 3.8) is 0 Å². The van der Waals surface area contributed by atoms with Crippen LogP contribution in [0, 0.1) is 0 Å². The molecule has 2 aromatic heterocycles. The highest BCUT2D eigenvalue weighted by Crippen LogP contribution is 1.47. The summed E-state index contributed by atoms with van der Waals surface area (Å²) >= 11 is 0. The van der Waals surface area contributed by atoms with Crippen molar-refractivity contribution in [2.24, 2.45) is 0 Å². The number of H-pyrrole nitrogens is 4. The van der Waals surface area contributed by atoms with E-state index in [9.17, 15) is 0 Å². The Hall–Kier alpha value is -0.760. The first-order valence-electron chi connectivity index (χ1n) is 2.71. The third kappa shape index (κ3) is 7.35. The lowest BCUT2D eigenvalue weighted by Gasteiger charge is -1.39. The van der Waals surface area contributed by atoms with Gasteiger partial charge in [0.25, 0.3) is 0 Å². The molecule has 6 nitrogen and oxygen atoms in total. The number of nitrogens with one attached hydrogen (secondary N) is 4. The van der Waals surface area contributed by atoms with E-state index in [1.807, 2.05) is 0 Å². The molecule has 0 bridgehead atoms. The molecule has 0 saturated heterocycles. The molecule has 0 saturated carbocycles. The first kappa shape index (κ1) is 13.8. The lowest BCUT2D eigenvalue weighted by molar-refractivity contribution is -0.455. The summed E-state index contributed by atoms with van der Waals surface area (Å²) in [6.07, 6.45) is 6.69. The summed E-state index contributed by atoms with van der Waals surface area (Å²) < 4.78 is 0. The molecule has 0 aliphatic rings. The van der Waals surface area contributed by atoms with E-state index in [1.54, 1.807) is 24.8 Å². The van der Waals surface area contributed by atoms with Gasteiger partial charge in [-0.25, -0.2) is 0 Å². The molecule has 68 valence electrons.